The molecule has 0 spiro atoms. The molecule has 0 unspecified atom stereocenters. The number of nitrogens with two attached hydrogens (primary N) is 2. The fraction of sp³-hybridized carbons (Fsp3) is 0.364. The van der Waals surface area contributed by atoms with Crippen molar-refractivity contribution in [1.82, 2.24) is 9.38 Å². The van der Waals surface area contributed by atoms with Gasteiger partial charge in [-0.1, -0.05) is 20.8 Å². The molecule has 0 aromatic carbocycles. The average molecular weight is 283 g/mol. The highest BCUT2D eigenvalue weighted by molar-refractivity contribution is 9.10. The van der Waals surface area contributed by atoms with Crippen LogP contribution in [0.3, 0.4) is 0 Å². The molecule has 0 saturated heterocycles. The van der Waals surface area contributed by atoms with Gasteiger partial charge in [0.1, 0.15) is 5.82 Å². The minimum absolute atomic E-state index is 0.0883. The molecule has 86 valence electrons. The Bertz CT molecular complexity index is 551. The van der Waals surface area contributed by atoms with Crippen molar-refractivity contribution in [1.29, 1.82) is 0 Å². The summed E-state index contributed by atoms with van der Waals surface area (Å²) < 4.78 is 2.71. The third kappa shape index (κ3) is 1.65. The number of rotatable bonds is 0. The molecule has 2 aromatic heterocycles. The number of anilines is 2. The molecule has 4 nitrogen and oxygen atoms in total. The molecule has 2 heterocycles. The van der Waals surface area contributed by atoms with E-state index in [9.17, 15) is 0 Å². The fourth-order valence-corrected chi connectivity index (χ4v) is 2.16. The molecule has 5 heteroatoms. The number of hydrogen-bond acceptors (Lipinski definition) is 3. The molecule has 0 amide bonds. The Morgan fingerprint density at radius 2 is 1.94 bits per heavy atom. The maximum atomic E-state index is 6.09. The molecule has 2 rings (SSSR count). The number of imidazole rings is 1. The van der Waals surface area contributed by atoms with Gasteiger partial charge in [-0.05, 0) is 22.0 Å². The van der Waals surface area contributed by atoms with E-state index in [1.165, 1.54) is 0 Å². The lowest BCUT2D eigenvalue weighted by Gasteiger charge is -2.15. The van der Waals surface area contributed by atoms with E-state index in [-0.39, 0.29) is 5.41 Å². The second-order valence-corrected chi connectivity index (χ2v) is 5.82. The molecular formula is C11H15BrN4. The van der Waals surface area contributed by atoms with E-state index in [2.05, 4.69) is 41.7 Å². The van der Waals surface area contributed by atoms with E-state index in [0.717, 1.165) is 10.2 Å². The van der Waals surface area contributed by atoms with Gasteiger partial charge >= 0.3 is 0 Å². The summed E-state index contributed by atoms with van der Waals surface area (Å²) in [6.07, 6.45) is 1.88. The van der Waals surface area contributed by atoms with E-state index in [1.54, 1.807) is 0 Å². The normalized spacial score (nSPS) is 12.2. The van der Waals surface area contributed by atoms with Crippen LogP contribution in [0, 0.1) is 0 Å². The van der Waals surface area contributed by atoms with Gasteiger partial charge in [-0.15, -0.1) is 0 Å². The van der Waals surface area contributed by atoms with Crippen molar-refractivity contribution in [2.24, 2.45) is 0 Å². The zero-order valence-corrected chi connectivity index (χ0v) is 11.2. The van der Waals surface area contributed by atoms with Crippen molar-refractivity contribution in [3.8, 4) is 0 Å². The van der Waals surface area contributed by atoms with Crippen LogP contribution in [0.25, 0.3) is 5.65 Å². The van der Waals surface area contributed by atoms with Crippen molar-refractivity contribution >= 4 is 33.1 Å². The first-order valence-electron chi connectivity index (χ1n) is 5.03. The second kappa shape index (κ2) is 3.38. The van der Waals surface area contributed by atoms with Crippen molar-refractivity contribution < 1.29 is 0 Å². The van der Waals surface area contributed by atoms with Gasteiger partial charge in [-0.3, -0.25) is 4.40 Å². The molecule has 4 N–H and O–H groups in total. The van der Waals surface area contributed by atoms with Crippen LogP contribution < -0.4 is 11.5 Å². The summed E-state index contributed by atoms with van der Waals surface area (Å²) >= 11 is 3.39. The quantitative estimate of drug-likeness (QED) is 0.780. The predicted octanol–water partition coefficient (Wildman–Crippen LogP) is 2.56. The number of nitrogens with zero attached hydrogens (tertiary/aromatic N) is 2. The van der Waals surface area contributed by atoms with Crippen LogP contribution in [0.5, 0.6) is 0 Å². The van der Waals surface area contributed by atoms with Gasteiger partial charge < -0.3 is 11.5 Å². The Hall–Kier alpha value is -1.23. The number of nitrogen functional groups attached to an aromatic ring is 2. The molecule has 0 atom stereocenters. The molecule has 0 fully saturated rings. The number of fused-ring (bicyclic) bond motifs is 1. The van der Waals surface area contributed by atoms with E-state index < -0.39 is 0 Å². The van der Waals surface area contributed by atoms with Crippen LogP contribution in [0.4, 0.5) is 11.5 Å². The highest BCUT2D eigenvalue weighted by Gasteiger charge is 2.23. The second-order valence-electron chi connectivity index (χ2n) is 4.90. The standard InChI is InChI=1S/C11H15BrN4/c1-11(2,3)8-9(14)16-5-6(12)4-7(13)10(16)15-8/h4-5H,13-14H2,1-3H3. The van der Waals surface area contributed by atoms with Crippen LogP contribution in [0.15, 0.2) is 16.7 Å². The summed E-state index contributed by atoms with van der Waals surface area (Å²) in [7, 11) is 0. The first-order valence-corrected chi connectivity index (χ1v) is 5.83. The van der Waals surface area contributed by atoms with Crippen LogP contribution in [0.2, 0.25) is 0 Å². The largest absolute Gasteiger partial charge is 0.396 e. The van der Waals surface area contributed by atoms with E-state index in [1.807, 2.05) is 16.7 Å². The van der Waals surface area contributed by atoms with Crippen molar-refractivity contribution in [2.75, 3.05) is 11.5 Å². The van der Waals surface area contributed by atoms with Gasteiger partial charge in [-0.25, -0.2) is 4.98 Å². The fourth-order valence-electron chi connectivity index (χ4n) is 1.71. The summed E-state index contributed by atoms with van der Waals surface area (Å²) in [5.41, 5.74) is 14.1. The Morgan fingerprint density at radius 3 is 2.50 bits per heavy atom. The topological polar surface area (TPSA) is 69.3 Å². The number of hydrogen-bond donors (Lipinski definition) is 2. The van der Waals surface area contributed by atoms with Crippen LogP contribution in [-0.2, 0) is 5.41 Å². The maximum Gasteiger partial charge on any atom is 0.162 e. The molecule has 0 radical (unpaired) electrons. The molecule has 0 aliphatic carbocycles. The number of aromatic nitrogens is 2. The third-order valence-electron chi connectivity index (χ3n) is 2.46. The summed E-state index contributed by atoms with van der Waals surface area (Å²) in [5.74, 6) is 0.649. The zero-order chi connectivity index (χ0) is 12.1. The van der Waals surface area contributed by atoms with Gasteiger partial charge in [0.15, 0.2) is 5.65 Å². The summed E-state index contributed by atoms with van der Waals surface area (Å²) in [5, 5.41) is 0. The molecule has 0 bridgehead atoms. The molecule has 2 aromatic rings. The van der Waals surface area contributed by atoms with Gasteiger partial charge in [-0.2, -0.15) is 0 Å². The predicted molar refractivity (Wildman–Crippen MR) is 70.4 cm³/mol. The van der Waals surface area contributed by atoms with Crippen molar-refractivity contribution in [3.05, 3.63) is 22.4 Å². The van der Waals surface area contributed by atoms with Crippen molar-refractivity contribution in [3.63, 3.8) is 0 Å². The lowest BCUT2D eigenvalue weighted by atomic mass is 9.92. The SMILES string of the molecule is CC(C)(C)c1nc2c(N)cc(Br)cn2c1N. The minimum Gasteiger partial charge on any atom is -0.396 e. The molecule has 0 aliphatic rings. The van der Waals surface area contributed by atoms with E-state index >= 15 is 0 Å². The van der Waals surface area contributed by atoms with E-state index in [0.29, 0.717) is 17.2 Å². The molecule has 0 aliphatic heterocycles. The van der Waals surface area contributed by atoms with Gasteiger partial charge in [0.2, 0.25) is 0 Å². The van der Waals surface area contributed by atoms with Crippen LogP contribution >= 0.6 is 15.9 Å². The lowest BCUT2D eigenvalue weighted by Crippen LogP contribution is -2.14. The molecule has 0 saturated carbocycles. The number of pyridine rings is 1. The third-order valence-corrected chi connectivity index (χ3v) is 2.90. The number of halogens is 1. The Labute approximate surface area is 103 Å². The van der Waals surface area contributed by atoms with Gasteiger partial charge in [0, 0.05) is 16.1 Å². The Morgan fingerprint density at radius 1 is 1.31 bits per heavy atom. The Balaban J connectivity index is 2.83. The maximum absolute atomic E-state index is 6.09. The minimum atomic E-state index is -0.0883. The van der Waals surface area contributed by atoms with Crippen molar-refractivity contribution in [2.45, 2.75) is 26.2 Å². The van der Waals surface area contributed by atoms with Crippen LogP contribution in [-0.4, -0.2) is 9.38 Å². The molecule has 16 heavy (non-hydrogen) atoms. The first kappa shape index (κ1) is 11.3. The summed E-state index contributed by atoms with van der Waals surface area (Å²) in [6.45, 7) is 6.24. The first-order chi connectivity index (χ1) is 7.30. The monoisotopic (exact) mass is 282 g/mol. The summed E-state index contributed by atoms with van der Waals surface area (Å²) in [4.78, 5) is 4.52. The van der Waals surface area contributed by atoms with Gasteiger partial charge in [0.25, 0.3) is 0 Å². The highest BCUT2D eigenvalue weighted by Crippen LogP contribution is 2.30. The zero-order valence-electron chi connectivity index (χ0n) is 9.58. The lowest BCUT2D eigenvalue weighted by molar-refractivity contribution is 0.576. The highest BCUT2D eigenvalue weighted by atomic mass is 79.9. The average Bonchev–Trinajstić information content (AvgIpc) is 2.43. The van der Waals surface area contributed by atoms with E-state index in [4.69, 9.17) is 11.5 Å². The summed E-state index contributed by atoms with van der Waals surface area (Å²) in [6, 6.07) is 1.83. The Kier molecular flexibility index (Phi) is 2.38. The van der Waals surface area contributed by atoms with Crippen LogP contribution in [0.1, 0.15) is 26.5 Å². The molecular weight excluding hydrogens is 268 g/mol. The van der Waals surface area contributed by atoms with Gasteiger partial charge in [0.05, 0.1) is 11.4 Å². The smallest absolute Gasteiger partial charge is 0.162 e.